The summed E-state index contributed by atoms with van der Waals surface area (Å²) in [6, 6.07) is 17.8. The average molecular weight is 364 g/mol. The first-order chi connectivity index (χ1) is 10.9. The van der Waals surface area contributed by atoms with Crippen LogP contribution in [0.3, 0.4) is 0 Å². The zero-order valence-electron chi connectivity index (χ0n) is 12.7. The second-order valence-electron chi connectivity index (χ2n) is 6.16. The first kappa shape index (κ1) is 14.4. The molecule has 0 N–H and O–H groups in total. The van der Waals surface area contributed by atoms with E-state index < -0.39 is 0 Å². The Kier molecular flexibility index (Phi) is 4.26. The summed E-state index contributed by atoms with van der Waals surface area (Å²) in [5.74, 6) is 0.669. The Hall–Kier alpha value is -1.20. The summed E-state index contributed by atoms with van der Waals surface area (Å²) < 4.78 is 2.30. The van der Waals surface area contributed by atoms with Gasteiger partial charge >= 0.3 is 145 Å². The van der Waals surface area contributed by atoms with Gasteiger partial charge in [0.1, 0.15) is 0 Å². The fraction of sp³-hybridized carbons (Fsp3) is 0.238. The molecule has 2 aliphatic rings. The van der Waals surface area contributed by atoms with E-state index in [4.69, 9.17) is 0 Å². The van der Waals surface area contributed by atoms with Crippen molar-refractivity contribution in [3.8, 4) is 0 Å². The Morgan fingerprint density at radius 3 is 2.32 bits per heavy atom. The third kappa shape index (κ3) is 2.84. The van der Waals surface area contributed by atoms with Crippen LogP contribution in [0.5, 0.6) is 0 Å². The monoisotopic (exact) mass is 362 g/mol. The van der Waals surface area contributed by atoms with Crippen molar-refractivity contribution in [1.29, 1.82) is 0 Å². The Bertz CT molecular complexity index is 663. The molecule has 0 aliphatic heterocycles. The predicted molar refractivity (Wildman–Crippen MR) is 90.5 cm³/mol. The summed E-state index contributed by atoms with van der Waals surface area (Å²) in [6.45, 7) is 0. The molecular formula is C21H20Zr. The molecule has 0 amide bonds. The Balaban J connectivity index is 1.29. The van der Waals surface area contributed by atoms with Gasteiger partial charge in [-0.3, -0.25) is 0 Å². The molecule has 0 fully saturated rings. The molecule has 0 radical (unpaired) electrons. The standard InChI is InChI=1S/C12H13.C9H7.Zr/c1-2-5-10-8-9-11-6-3-4-7-12(10)11;1-2-5-9-7-3-6-8(9)4-1;/h3-4,6-10H,1-2,5H2;1-7H;. The van der Waals surface area contributed by atoms with Crippen LogP contribution in [0.2, 0.25) is 4.13 Å². The number of fused-ring (bicyclic) bond motifs is 2. The predicted octanol–water partition coefficient (Wildman–Crippen LogP) is 5.85. The van der Waals surface area contributed by atoms with Crippen LogP contribution < -0.4 is 0 Å². The fourth-order valence-electron chi connectivity index (χ4n) is 3.58. The second-order valence-corrected chi connectivity index (χ2v) is 9.92. The molecular weight excluding hydrogens is 343 g/mol. The second kappa shape index (κ2) is 6.51. The molecule has 108 valence electrons. The van der Waals surface area contributed by atoms with E-state index in [2.05, 4.69) is 72.8 Å². The maximum absolute atomic E-state index is 2.46. The van der Waals surface area contributed by atoms with E-state index in [9.17, 15) is 0 Å². The van der Waals surface area contributed by atoms with Crippen molar-refractivity contribution >= 4 is 12.2 Å². The third-order valence-electron chi connectivity index (χ3n) is 4.76. The van der Waals surface area contributed by atoms with E-state index in [-0.39, 0.29) is 23.2 Å². The van der Waals surface area contributed by atoms with E-state index in [1.54, 1.807) is 11.1 Å². The van der Waals surface area contributed by atoms with Crippen molar-refractivity contribution in [3.05, 3.63) is 82.9 Å². The van der Waals surface area contributed by atoms with E-state index in [0.717, 1.165) is 3.63 Å². The molecule has 2 unspecified atom stereocenters. The quantitative estimate of drug-likeness (QED) is 0.585. The van der Waals surface area contributed by atoms with E-state index >= 15 is 0 Å². The van der Waals surface area contributed by atoms with E-state index in [1.807, 2.05) is 0 Å². The van der Waals surface area contributed by atoms with Gasteiger partial charge in [0.25, 0.3) is 0 Å². The van der Waals surface area contributed by atoms with Gasteiger partial charge in [0.15, 0.2) is 0 Å². The molecule has 2 atom stereocenters. The van der Waals surface area contributed by atoms with Crippen molar-refractivity contribution in [2.45, 2.75) is 26.5 Å². The Morgan fingerprint density at radius 1 is 0.773 bits per heavy atom. The molecule has 0 bridgehead atoms. The van der Waals surface area contributed by atoms with Crippen molar-refractivity contribution < 1.29 is 23.2 Å². The van der Waals surface area contributed by atoms with Gasteiger partial charge in [0.2, 0.25) is 0 Å². The van der Waals surface area contributed by atoms with Crippen LogP contribution in [0.4, 0.5) is 0 Å². The summed E-state index contributed by atoms with van der Waals surface area (Å²) in [4.78, 5) is 0. The minimum absolute atomic E-state index is 0.343. The molecule has 0 aromatic heterocycles. The van der Waals surface area contributed by atoms with Crippen molar-refractivity contribution in [2.75, 3.05) is 0 Å². The summed E-state index contributed by atoms with van der Waals surface area (Å²) in [7, 11) is 0. The summed E-state index contributed by atoms with van der Waals surface area (Å²) in [5, 5.41) is 0. The van der Waals surface area contributed by atoms with Gasteiger partial charge in [-0.1, -0.05) is 0 Å². The van der Waals surface area contributed by atoms with Crippen molar-refractivity contribution in [1.82, 2.24) is 0 Å². The van der Waals surface area contributed by atoms with Gasteiger partial charge < -0.3 is 0 Å². The van der Waals surface area contributed by atoms with E-state index in [0.29, 0.717) is 5.92 Å². The topological polar surface area (TPSA) is 0 Å². The maximum atomic E-state index is 2.46. The minimum atomic E-state index is -0.343. The van der Waals surface area contributed by atoms with Crippen LogP contribution in [0.1, 0.15) is 44.6 Å². The van der Waals surface area contributed by atoms with Crippen LogP contribution in [-0.2, 0) is 23.2 Å². The molecule has 0 nitrogen and oxygen atoms in total. The number of benzene rings is 2. The van der Waals surface area contributed by atoms with Crippen molar-refractivity contribution in [3.63, 3.8) is 0 Å². The summed E-state index contributed by atoms with van der Waals surface area (Å²) in [6.07, 6.45) is 12.2. The third-order valence-corrected chi connectivity index (χ3v) is 8.66. The van der Waals surface area contributed by atoms with Gasteiger partial charge in [0, 0.05) is 0 Å². The van der Waals surface area contributed by atoms with Gasteiger partial charge in [-0.25, -0.2) is 0 Å². The van der Waals surface area contributed by atoms with Gasteiger partial charge in [-0.2, -0.15) is 0 Å². The SMILES string of the molecule is C1=CC(CC[CH2][Zr][CH]2C=Cc3ccccc32)c2ccccc21. The molecule has 2 aromatic rings. The van der Waals surface area contributed by atoms with Crippen LogP contribution in [0.15, 0.2) is 60.7 Å². The van der Waals surface area contributed by atoms with Gasteiger partial charge in [-0.15, -0.1) is 0 Å². The fourth-order valence-corrected chi connectivity index (χ4v) is 7.11. The number of allylic oxidation sites excluding steroid dienone is 2. The molecule has 0 heterocycles. The molecule has 1 heteroatoms. The first-order valence-corrected chi connectivity index (χ1v) is 11.4. The zero-order valence-corrected chi connectivity index (χ0v) is 15.2. The van der Waals surface area contributed by atoms with Crippen LogP contribution in [0.25, 0.3) is 12.2 Å². The average Bonchev–Trinajstić information content (AvgIpc) is 3.16. The number of rotatable bonds is 5. The zero-order chi connectivity index (χ0) is 14.8. The summed E-state index contributed by atoms with van der Waals surface area (Å²) in [5.41, 5.74) is 6.03. The van der Waals surface area contributed by atoms with Gasteiger partial charge in [-0.05, 0) is 0 Å². The molecule has 22 heavy (non-hydrogen) atoms. The molecule has 2 aliphatic carbocycles. The van der Waals surface area contributed by atoms with Crippen LogP contribution in [0, 0.1) is 0 Å². The van der Waals surface area contributed by atoms with Gasteiger partial charge in [0.05, 0.1) is 0 Å². The molecule has 4 rings (SSSR count). The normalized spacial score (nSPS) is 20.9. The van der Waals surface area contributed by atoms with Crippen LogP contribution >= 0.6 is 0 Å². The number of hydrogen-bond acceptors (Lipinski definition) is 0. The summed E-state index contributed by atoms with van der Waals surface area (Å²) >= 11 is -0.343. The molecule has 2 aromatic carbocycles. The molecule has 0 spiro atoms. The van der Waals surface area contributed by atoms with E-state index in [1.165, 1.54) is 28.1 Å². The molecule has 0 saturated carbocycles. The Labute approximate surface area is 144 Å². The van der Waals surface area contributed by atoms with Crippen molar-refractivity contribution in [2.24, 2.45) is 0 Å². The number of hydrogen-bond donors (Lipinski definition) is 0. The Morgan fingerprint density at radius 2 is 1.45 bits per heavy atom. The first-order valence-electron chi connectivity index (χ1n) is 8.19. The molecule has 0 saturated heterocycles. The van der Waals surface area contributed by atoms with Crippen LogP contribution in [-0.4, -0.2) is 0 Å².